The average Bonchev–Trinajstić information content (AvgIpc) is 2.83. The van der Waals surface area contributed by atoms with Crippen molar-refractivity contribution in [1.29, 1.82) is 0 Å². The van der Waals surface area contributed by atoms with Gasteiger partial charge in [-0.15, -0.1) is 0 Å². The minimum absolute atomic E-state index is 0.0931. The summed E-state index contributed by atoms with van der Waals surface area (Å²) in [5.74, 6) is 0.307. The third kappa shape index (κ3) is 4.52. The van der Waals surface area contributed by atoms with Crippen LogP contribution in [0.15, 0.2) is 34.2 Å². The summed E-state index contributed by atoms with van der Waals surface area (Å²) in [5, 5.41) is 10.7. The molecule has 0 aliphatic rings. The van der Waals surface area contributed by atoms with Gasteiger partial charge in [0.25, 0.3) is 0 Å². The minimum atomic E-state index is -0.800. The highest BCUT2D eigenvalue weighted by atomic mass is 35.5. The fourth-order valence-corrected chi connectivity index (χ4v) is 3.91. The number of carbonyl (C=O) groups is 1. The Morgan fingerprint density at radius 1 is 1.43 bits per heavy atom. The van der Waals surface area contributed by atoms with Gasteiger partial charge in [-0.25, -0.2) is 4.98 Å². The summed E-state index contributed by atoms with van der Waals surface area (Å²) in [6, 6.07) is 7.73. The smallest absolute Gasteiger partial charge is 0.303 e. The molecule has 0 unspecified atom stereocenters. The van der Waals surface area contributed by atoms with Crippen LogP contribution in [0, 0.1) is 0 Å². The van der Waals surface area contributed by atoms with Crippen molar-refractivity contribution in [1.82, 2.24) is 9.55 Å². The van der Waals surface area contributed by atoms with Crippen LogP contribution in [0.2, 0.25) is 5.02 Å². The minimum Gasteiger partial charge on any atom is -0.481 e. The van der Waals surface area contributed by atoms with Crippen LogP contribution in [0.1, 0.15) is 44.6 Å². The molecule has 0 atom stereocenters. The van der Waals surface area contributed by atoms with Crippen LogP contribution >= 0.6 is 23.4 Å². The summed E-state index contributed by atoms with van der Waals surface area (Å²) in [7, 11) is 0. The van der Waals surface area contributed by atoms with Crippen LogP contribution in [0.4, 0.5) is 0 Å². The molecule has 0 aliphatic heterocycles. The maximum atomic E-state index is 10.9. The van der Waals surface area contributed by atoms with Gasteiger partial charge in [0, 0.05) is 22.9 Å². The molecule has 124 valence electrons. The van der Waals surface area contributed by atoms with Crippen LogP contribution < -0.4 is 0 Å². The predicted molar refractivity (Wildman–Crippen MR) is 93.5 cm³/mol. The maximum absolute atomic E-state index is 10.9. The van der Waals surface area contributed by atoms with Gasteiger partial charge in [-0.2, -0.15) is 0 Å². The van der Waals surface area contributed by atoms with Crippen LogP contribution in [0.5, 0.6) is 0 Å². The molecular weight excluding hydrogens is 332 g/mol. The first-order valence-electron chi connectivity index (χ1n) is 7.66. The second kappa shape index (κ2) is 7.88. The van der Waals surface area contributed by atoms with Gasteiger partial charge in [-0.1, -0.05) is 43.3 Å². The van der Waals surface area contributed by atoms with E-state index < -0.39 is 5.97 Å². The number of imidazole rings is 1. The van der Waals surface area contributed by atoms with Crippen LogP contribution in [0.3, 0.4) is 0 Å². The SMILES string of the molecule is CCn1c(CCC(=O)O)nc(C(C)C)c1Sc1cccc(Cl)c1. The second-order valence-corrected chi connectivity index (χ2v) is 7.07. The van der Waals surface area contributed by atoms with Crippen LogP contribution in [-0.2, 0) is 17.8 Å². The Balaban J connectivity index is 2.40. The quantitative estimate of drug-likeness (QED) is 0.774. The lowest BCUT2D eigenvalue weighted by atomic mass is 10.1. The van der Waals surface area contributed by atoms with Crippen LogP contribution in [-0.4, -0.2) is 20.6 Å². The summed E-state index contributed by atoms with van der Waals surface area (Å²) in [6.07, 6.45) is 0.537. The third-order valence-electron chi connectivity index (χ3n) is 3.46. The van der Waals surface area contributed by atoms with E-state index in [0.29, 0.717) is 11.4 Å². The largest absolute Gasteiger partial charge is 0.481 e. The fourth-order valence-electron chi connectivity index (χ4n) is 2.36. The molecule has 1 aromatic carbocycles. The van der Waals surface area contributed by atoms with E-state index in [1.54, 1.807) is 11.8 Å². The normalized spacial score (nSPS) is 11.2. The molecule has 1 heterocycles. The first-order chi connectivity index (χ1) is 10.9. The Morgan fingerprint density at radius 3 is 2.74 bits per heavy atom. The van der Waals surface area contributed by atoms with Gasteiger partial charge in [-0.05, 0) is 31.0 Å². The van der Waals surface area contributed by atoms with Crippen molar-refractivity contribution in [3.8, 4) is 0 Å². The lowest BCUT2D eigenvalue weighted by Gasteiger charge is -2.11. The summed E-state index contributed by atoms with van der Waals surface area (Å²) in [6.45, 7) is 7.02. The van der Waals surface area contributed by atoms with Crippen molar-refractivity contribution in [3.63, 3.8) is 0 Å². The lowest BCUT2D eigenvalue weighted by Crippen LogP contribution is -2.06. The number of rotatable bonds is 7. The van der Waals surface area contributed by atoms with E-state index in [4.69, 9.17) is 21.7 Å². The zero-order chi connectivity index (χ0) is 17.0. The number of carboxylic acid groups (broad SMARTS) is 1. The molecule has 23 heavy (non-hydrogen) atoms. The summed E-state index contributed by atoms with van der Waals surface area (Å²) in [4.78, 5) is 16.6. The Bertz CT molecular complexity index is 698. The van der Waals surface area contributed by atoms with Crippen molar-refractivity contribution in [3.05, 3.63) is 40.8 Å². The van der Waals surface area contributed by atoms with E-state index in [-0.39, 0.29) is 12.3 Å². The Morgan fingerprint density at radius 2 is 2.17 bits per heavy atom. The molecular formula is C17H21ClN2O2S. The molecule has 0 saturated heterocycles. The Kier molecular flexibility index (Phi) is 6.13. The van der Waals surface area contributed by atoms with Gasteiger partial charge in [-0.3, -0.25) is 4.79 Å². The summed E-state index contributed by atoms with van der Waals surface area (Å²) in [5.41, 5.74) is 1.01. The molecule has 2 aromatic rings. The van der Waals surface area contributed by atoms with Gasteiger partial charge in [0.15, 0.2) is 0 Å². The second-order valence-electron chi connectivity index (χ2n) is 5.57. The van der Waals surface area contributed by atoms with Gasteiger partial charge in [0.2, 0.25) is 0 Å². The highest BCUT2D eigenvalue weighted by molar-refractivity contribution is 7.99. The molecule has 1 aromatic heterocycles. The van der Waals surface area contributed by atoms with Crippen molar-refractivity contribution in [2.45, 2.75) is 56.0 Å². The Hall–Kier alpha value is -1.46. The third-order valence-corrected chi connectivity index (χ3v) is 4.81. The number of aryl methyl sites for hydroxylation is 1. The fraction of sp³-hybridized carbons (Fsp3) is 0.412. The Labute approximate surface area is 145 Å². The van der Waals surface area contributed by atoms with E-state index in [9.17, 15) is 4.79 Å². The average molecular weight is 353 g/mol. The summed E-state index contributed by atoms with van der Waals surface area (Å²) >= 11 is 7.71. The monoisotopic (exact) mass is 352 g/mol. The van der Waals surface area contributed by atoms with Gasteiger partial charge < -0.3 is 9.67 Å². The van der Waals surface area contributed by atoms with Gasteiger partial charge in [0.1, 0.15) is 10.9 Å². The van der Waals surface area contributed by atoms with E-state index in [1.807, 2.05) is 24.3 Å². The first kappa shape index (κ1) is 17.9. The molecule has 0 radical (unpaired) electrons. The standard InChI is InChI=1S/C17H21ClN2O2S/c1-4-20-14(8-9-15(21)22)19-16(11(2)3)17(20)23-13-7-5-6-12(18)10-13/h5-7,10-11H,4,8-9H2,1-3H3,(H,21,22). The molecule has 6 heteroatoms. The highest BCUT2D eigenvalue weighted by Gasteiger charge is 2.20. The molecule has 0 saturated carbocycles. The molecule has 1 N–H and O–H groups in total. The summed E-state index contributed by atoms with van der Waals surface area (Å²) < 4.78 is 2.11. The number of benzene rings is 1. The molecule has 2 rings (SSSR count). The number of hydrogen-bond donors (Lipinski definition) is 1. The maximum Gasteiger partial charge on any atom is 0.303 e. The molecule has 0 fully saturated rings. The van der Waals surface area contributed by atoms with E-state index in [2.05, 4.69) is 25.3 Å². The molecule has 0 spiro atoms. The zero-order valence-corrected chi connectivity index (χ0v) is 15.1. The van der Waals surface area contributed by atoms with E-state index in [1.165, 1.54) is 0 Å². The van der Waals surface area contributed by atoms with Crippen molar-refractivity contribution in [2.75, 3.05) is 0 Å². The molecule has 0 bridgehead atoms. The number of aromatic nitrogens is 2. The van der Waals surface area contributed by atoms with Crippen molar-refractivity contribution >= 4 is 29.3 Å². The number of hydrogen-bond acceptors (Lipinski definition) is 3. The van der Waals surface area contributed by atoms with Gasteiger partial charge in [0.05, 0.1) is 12.1 Å². The van der Waals surface area contributed by atoms with Crippen molar-refractivity contribution in [2.24, 2.45) is 0 Å². The molecule has 0 amide bonds. The van der Waals surface area contributed by atoms with E-state index in [0.717, 1.165) is 28.0 Å². The zero-order valence-electron chi connectivity index (χ0n) is 13.5. The van der Waals surface area contributed by atoms with Crippen LogP contribution in [0.25, 0.3) is 0 Å². The predicted octanol–water partition coefficient (Wildman–Crippen LogP) is 4.85. The first-order valence-corrected chi connectivity index (χ1v) is 8.86. The number of nitrogens with zero attached hydrogens (tertiary/aromatic N) is 2. The van der Waals surface area contributed by atoms with E-state index >= 15 is 0 Å². The van der Waals surface area contributed by atoms with Crippen molar-refractivity contribution < 1.29 is 9.90 Å². The molecule has 0 aliphatic carbocycles. The number of halogens is 1. The number of aliphatic carboxylic acids is 1. The number of carboxylic acids is 1. The topological polar surface area (TPSA) is 55.1 Å². The highest BCUT2D eigenvalue weighted by Crippen LogP contribution is 2.35. The lowest BCUT2D eigenvalue weighted by molar-refractivity contribution is -0.137. The molecule has 4 nitrogen and oxygen atoms in total. The van der Waals surface area contributed by atoms with Gasteiger partial charge >= 0.3 is 5.97 Å².